The Morgan fingerprint density at radius 1 is 0.636 bits per heavy atom. The number of rotatable bonds is 2. The first-order chi connectivity index (χ1) is 10.4. The summed E-state index contributed by atoms with van der Waals surface area (Å²) in [6, 6.07) is 18.4. The molecule has 110 valence electrons. The Kier molecular flexibility index (Phi) is 4.68. The highest BCUT2D eigenvalue weighted by molar-refractivity contribution is 5.39. The molecule has 0 radical (unpaired) electrons. The van der Waals surface area contributed by atoms with Crippen LogP contribution in [0.4, 0.5) is 0 Å². The van der Waals surface area contributed by atoms with Crippen molar-refractivity contribution < 1.29 is 10.2 Å². The van der Waals surface area contributed by atoms with Crippen molar-refractivity contribution in [2.45, 2.75) is 25.0 Å². The summed E-state index contributed by atoms with van der Waals surface area (Å²) in [5, 5.41) is 20.7. The van der Waals surface area contributed by atoms with Crippen LogP contribution in [0.15, 0.2) is 60.7 Å². The first-order valence-electron chi connectivity index (χ1n) is 7.02. The normalized spacial score (nSPS) is 15.3. The Bertz CT molecular complexity index is 669. The van der Waals surface area contributed by atoms with Gasteiger partial charge < -0.3 is 10.2 Å². The molecule has 22 heavy (non-hydrogen) atoms. The van der Waals surface area contributed by atoms with E-state index in [9.17, 15) is 10.2 Å². The highest BCUT2D eigenvalue weighted by Gasteiger charge is 2.20. The molecule has 2 aromatic carbocycles. The molecule has 0 bridgehead atoms. The zero-order chi connectivity index (χ0) is 16.1. The third-order valence-electron chi connectivity index (χ3n) is 3.35. The Morgan fingerprint density at radius 3 is 1.27 bits per heavy atom. The molecule has 2 heteroatoms. The van der Waals surface area contributed by atoms with Crippen LogP contribution in [-0.4, -0.2) is 10.2 Å². The maximum absolute atomic E-state index is 10.3. The van der Waals surface area contributed by atoms with E-state index in [1.807, 2.05) is 60.7 Å². The molecule has 2 atom stereocenters. The molecule has 2 rings (SSSR count). The molecule has 0 amide bonds. The molecule has 2 N–H and O–H groups in total. The zero-order valence-electron chi connectivity index (χ0n) is 12.7. The standard InChI is InChI=1S/C20H18O2/c1-19(21,17-11-5-3-6-12-17)15-9-10-16-20(2,22)18-13-7-4-8-14-18/h3-8,11-14,21-22H,1-2H3. The first kappa shape index (κ1) is 15.9. The van der Waals surface area contributed by atoms with Gasteiger partial charge in [-0.05, 0) is 48.7 Å². The number of hydrogen-bond acceptors (Lipinski definition) is 2. The maximum Gasteiger partial charge on any atom is 0.149 e. The van der Waals surface area contributed by atoms with E-state index in [4.69, 9.17) is 0 Å². The van der Waals surface area contributed by atoms with Crippen molar-refractivity contribution >= 4 is 0 Å². The van der Waals surface area contributed by atoms with Gasteiger partial charge in [0, 0.05) is 0 Å². The molecule has 0 heterocycles. The molecule has 2 unspecified atom stereocenters. The molecular formula is C20H18O2. The van der Waals surface area contributed by atoms with Crippen LogP contribution < -0.4 is 0 Å². The maximum atomic E-state index is 10.3. The third kappa shape index (κ3) is 3.99. The van der Waals surface area contributed by atoms with Gasteiger partial charge >= 0.3 is 0 Å². The van der Waals surface area contributed by atoms with Gasteiger partial charge in [-0.25, -0.2) is 0 Å². The van der Waals surface area contributed by atoms with E-state index in [1.54, 1.807) is 13.8 Å². The van der Waals surface area contributed by atoms with Crippen molar-refractivity contribution in [2.75, 3.05) is 0 Å². The smallest absolute Gasteiger partial charge is 0.149 e. The lowest BCUT2D eigenvalue weighted by Gasteiger charge is -2.16. The fourth-order valence-corrected chi connectivity index (χ4v) is 1.98. The Labute approximate surface area is 131 Å². The van der Waals surface area contributed by atoms with Crippen LogP contribution in [0.25, 0.3) is 0 Å². The second-order valence-corrected chi connectivity index (χ2v) is 5.38. The Hall–Kier alpha value is -2.52. The van der Waals surface area contributed by atoms with Gasteiger partial charge in [-0.2, -0.15) is 0 Å². The molecule has 0 fully saturated rings. The molecule has 0 saturated carbocycles. The van der Waals surface area contributed by atoms with E-state index in [0.717, 1.165) is 0 Å². The van der Waals surface area contributed by atoms with E-state index >= 15 is 0 Å². The van der Waals surface area contributed by atoms with Crippen molar-refractivity contribution in [3.63, 3.8) is 0 Å². The quantitative estimate of drug-likeness (QED) is 0.835. The van der Waals surface area contributed by atoms with E-state index in [2.05, 4.69) is 23.7 Å². The fraction of sp³-hybridized carbons (Fsp3) is 0.200. The molecule has 0 aliphatic carbocycles. The van der Waals surface area contributed by atoms with Crippen molar-refractivity contribution in [3.8, 4) is 23.7 Å². The molecule has 0 aromatic heterocycles. The van der Waals surface area contributed by atoms with Crippen LogP contribution >= 0.6 is 0 Å². The Morgan fingerprint density at radius 2 is 0.955 bits per heavy atom. The average molecular weight is 290 g/mol. The minimum absolute atomic E-state index is 0.708. The van der Waals surface area contributed by atoms with Crippen LogP contribution in [0.3, 0.4) is 0 Å². The molecular weight excluding hydrogens is 272 g/mol. The van der Waals surface area contributed by atoms with Crippen LogP contribution in [0, 0.1) is 23.7 Å². The zero-order valence-corrected chi connectivity index (χ0v) is 12.7. The van der Waals surface area contributed by atoms with Gasteiger partial charge in [0.15, 0.2) is 0 Å². The summed E-state index contributed by atoms with van der Waals surface area (Å²) in [5.74, 6) is 10.7. The minimum Gasteiger partial charge on any atom is -0.374 e. The molecule has 0 saturated heterocycles. The number of aliphatic hydroxyl groups is 2. The largest absolute Gasteiger partial charge is 0.374 e. The summed E-state index contributed by atoms with van der Waals surface area (Å²) >= 11 is 0. The van der Waals surface area contributed by atoms with Gasteiger partial charge in [0.2, 0.25) is 0 Å². The third-order valence-corrected chi connectivity index (χ3v) is 3.35. The molecule has 2 aromatic rings. The van der Waals surface area contributed by atoms with Crippen LogP contribution in [0.1, 0.15) is 25.0 Å². The van der Waals surface area contributed by atoms with Crippen molar-refractivity contribution in [1.82, 2.24) is 0 Å². The topological polar surface area (TPSA) is 40.5 Å². The summed E-state index contributed by atoms with van der Waals surface area (Å²) in [7, 11) is 0. The Balaban J connectivity index is 2.18. The predicted octanol–water partition coefficient (Wildman–Crippen LogP) is 2.81. The van der Waals surface area contributed by atoms with Gasteiger partial charge in [-0.15, -0.1) is 0 Å². The van der Waals surface area contributed by atoms with Gasteiger partial charge in [0.05, 0.1) is 0 Å². The fourth-order valence-electron chi connectivity index (χ4n) is 1.98. The molecule has 0 aliphatic rings. The van der Waals surface area contributed by atoms with Crippen molar-refractivity contribution in [3.05, 3.63) is 71.8 Å². The van der Waals surface area contributed by atoms with Gasteiger partial charge in [-0.3, -0.25) is 0 Å². The lowest BCUT2D eigenvalue weighted by Crippen LogP contribution is -2.18. The first-order valence-corrected chi connectivity index (χ1v) is 7.02. The van der Waals surface area contributed by atoms with Gasteiger partial charge in [0.25, 0.3) is 0 Å². The summed E-state index contributed by atoms with van der Waals surface area (Å²) in [6.45, 7) is 3.23. The average Bonchev–Trinajstić information content (AvgIpc) is 2.53. The molecule has 0 spiro atoms. The lowest BCUT2D eigenvalue weighted by atomic mass is 9.96. The van der Waals surface area contributed by atoms with Gasteiger partial charge in [0.1, 0.15) is 11.2 Å². The second kappa shape index (κ2) is 6.50. The lowest BCUT2D eigenvalue weighted by molar-refractivity contribution is 0.121. The van der Waals surface area contributed by atoms with Crippen molar-refractivity contribution in [1.29, 1.82) is 0 Å². The highest BCUT2D eigenvalue weighted by Crippen LogP contribution is 2.19. The number of benzene rings is 2. The van der Waals surface area contributed by atoms with E-state index in [0.29, 0.717) is 11.1 Å². The van der Waals surface area contributed by atoms with Crippen LogP contribution in [-0.2, 0) is 11.2 Å². The van der Waals surface area contributed by atoms with Gasteiger partial charge in [-0.1, -0.05) is 60.7 Å². The molecule has 0 aliphatic heterocycles. The summed E-state index contributed by atoms with van der Waals surface area (Å²) < 4.78 is 0. The van der Waals surface area contributed by atoms with Crippen LogP contribution in [0.5, 0.6) is 0 Å². The summed E-state index contributed by atoms with van der Waals surface area (Å²) in [6.07, 6.45) is 0. The summed E-state index contributed by atoms with van der Waals surface area (Å²) in [5.41, 5.74) is -1.12. The van der Waals surface area contributed by atoms with Crippen molar-refractivity contribution in [2.24, 2.45) is 0 Å². The molecule has 2 nitrogen and oxygen atoms in total. The van der Waals surface area contributed by atoms with Crippen LogP contribution in [0.2, 0.25) is 0 Å². The minimum atomic E-state index is -1.27. The monoisotopic (exact) mass is 290 g/mol. The SMILES string of the molecule is CC(O)(C#CC#CC(C)(O)c1ccccc1)c1ccccc1. The van der Waals surface area contributed by atoms with E-state index < -0.39 is 11.2 Å². The van der Waals surface area contributed by atoms with E-state index in [-0.39, 0.29) is 0 Å². The predicted molar refractivity (Wildman–Crippen MR) is 87.6 cm³/mol. The second-order valence-electron chi connectivity index (χ2n) is 5.38. The number of hydrogen-bond donors (Lipinski definition) is 2. The van der Waals surface area contributed by atoms with E-state index in [1.165, 1.54) is 0 Å². The highest BCUT2D eigenvalue weighted by atomic mass is 16.3. The summed E-state index contributed by atoms with van der Waals surface area (Å²) in [4.78, 5) is 0.